The largest absolute Gasteiger partial charge is 0.340 e. The van der Waals surface area contributed by atoms with Crippen LogP contribution in [0.25, 0.3) is 0 Å². The number of hydrogen-bond donors (Lipinski definition) is 0. The van der Waals surface area contributed by atoms with Crippen molar-refractivity contribution in [3.05, 3.63) is 30.1 Å². The Kier molecular flexibility index (Phi) is 5.32. The fourth-order valence-electron chi connectivity index (χ4n) is 4.80. The molecule has 0 N–H and O–H groups in total. The van der Waals surface area contributed by atoms with Crippen LogP contribution in [0.5, 0.6) is 0 Å². The fourth-order valence-corrected chi connectivity index (χ4v) is 4.80. The van der Waals surface area contributed by atoms with E-state index >= 15 is 0 Å². The molecule has 3 aliphatic heterocycles. The maximum Gasteiger partial charge on any atom is 0.239 e. The lowest BCUT2D eigenvalue weighted by Crippen LogP contribution is -2.52. The van der Waals surface area contributed by atoms with Crippen LogP contribution >= 0.6 is 0 Å². The minimum absolute atomic E-state index is 0.0647. The Bertz CT molecular complexity index is 578. The van der Waals surface area contributed by atoms with E-state index in [4.69, 9.17) is 0 Å². The number of piperidine rings is 1. The molecule has 3 fully saturated rings. The standard InChI is InChI=1S/C20H30N4O/c25-20(24-14-4-13-22-12-3-5-18(22)16-24)19-6-1-2-11-23(19)15-17-7-9-21-10-8-17/h7-10,18-19H,1-6,11-16H2/t18-,19+/m0/s1. The summed E-state index contributed by atoms with van der Waals surface area (Å²) in [4.78, 5) is 24.6. The second-order valence-electron chi connectivity index (χ2n) is 7.81. The molecule has 136 valence electrons. The Hall–Kier alpha value is -1.46. The molecule has 25 heavy (non-hydrogen) atoms. The first-order chi connectivity index (χ1) is 12.3. The Morgan fingerprint density at radius 1 is 1.00 bits per heavy atom. The average molecular weight is 342 g/mol. The van der Waals surface area contributed by atoms with Crippen molar-refractivity contribution in [2.45, 2.75) is 57.2 Å². The van der Waals surface area contributed by atoms with Gasteiger partial charge in [0.25, 0.3) is 0 Å². The summed E-state index contributed by atoms with van der Waals surface area (Å²) in [5.41, 5.74) is 1.26. The summed E-state index contributed by atoms with van der Waals surface area (Å²) in [6, 6.07) is 4.80. The van der Waals surface area contributed by atoms with Crippen molar-refractivity contribution in [2.75, 3.05) is 32.7 Å². The Labute approximate surface area is 151 Å². The van der Waals surface area contributed by atoms with E-state index in [0.29, 0.717) is 11.9 Å². The third kappa shape index (κ3) is 3.87. The third-order valence-corrected chi connectivity index (χ3v) is 6.15. The Morgan fingerprint density at radius 2 is 1.84 bits per heavy atom. The highest BCUT2D eigenvalue weighted by atomic mass is 16.2. The van der Waals surface area contributed by atoms with Crippen molar-refractivity contribution in [2.24, 2.45) is 0 Å². The Morgan fingerprint density at radius 3 is 2.72 bits per heavy atom. The number of fused-ring (bicyclic) bond motifs is 1. The van der Waals surface area contributed by atoms with Crippen LogP contribution < -0.4 is 0 Å². The molecule has 5 nitrogen and oxygen atoms in total. The maximum absolute atomic E-state index is 13.3. The SMILES string of the molecule is O=C([C@H]1CCCCN1Cc1ccncc1)N1CCCN2CCC[C@H]2C1. The number of pyridine rings is 1. The van der Waals surface area contributed by atoms with Crippen molar-refractivity contribution in [3.8, 4) is 0 Å². The first kappa shape index (κ1) is 17.0. The van der Waals surface area contributed by atoms with E-state index in [1.165, 1.54) is 44.3 Å². The number of carbonyl (C=O) groups is 1. The van der Waals surface area contributed by atoms with Gasteiger partial charge in [-0.25, -0.2) is 0 Å². The minimum Gasteiger partial charge on any atom is -0.340 e. The van der Waals surface area contributed by atoms with Crippen LogP contribution in [0, 0.1) is 0 Å². The molecule has 5 heteroatoms. The molecule has 0 saturated carbocycles. The quantitative estimate of drug-likeness (QED) is 0.844. The van der Waals surface area contributed by atoms with Gasteiger partial charge in [0.2, 0.25) is 5.91 Å². The van der Waals surface area contributed by atoms with Crippen molar-refractivity contribution in [1.29, 1.82) is 0 Å². The van der Waals surface area contributed by atoms with Gasteiger partial charge in [-0.15, -0.1) is 0 Å². The summed E-state index contributed by atoms with van der Waals surface area (Å²) in [5.74, 6) is 0.377. The van der Waals surface area contributed by atoms with Crippen LogP contribution in [0.15, 0.2) is 24.5 Å². The van der Waals surface area contributed by atoms with Crippen molar-refractivity contribution in [1.82, 2.24) is 19.7 Å². The second kappa shape index (κ2) is 7.83. The van der Waals surface area contributed by atoms with E-state index in [0.717, 1.165) is 39.0 Å². The number of aromatic nitrogens is 1. The molecule has 0 spiro atoms. The van der Waals surface area contributed by atoms with Gasteiger partial charge in [0.1, 0.15) is 0 Å². The first-order valence-corrected chi connectivity index (χ1v) is 9.97. The number of likely N-dealkylation sites (tertiary alicyclic amines) is 1. The van der Waals surface area contributed by atoms with Gasteiger partial charge in [-0.05, 0) is 62.9 Å². The zero-order valence-corrected chi connectivity index (χ0v) is 15.1. The zero-order valence-electron chi connectivity index (χ0n) is 15.1. The summed E-state index contributed by atoms with van der Waals surface area (Å²) >= 11 is 0. The second-order valence-corrected chi connectivity index (χ2v) is 7.81. The zero-order chi connectivity index (χ0) is 17.1. The van der Waals surface area contributed by atoms with Gasteiger partial charge in [0.05, 0.1) is 6.04 Å². The molecule has 1 aromatic heterocycles. The van der Waals surface area contributed by atoms with Crippen LogP contribution in [0.2, 0.25) is 0 Å². The van der Waals surface area contributed by atoms with Crippen molar-refractivity contribution >= 4 is 5.91 Å². The molecule has 4 heterocycles. The molecule has 0 bridgehead atoms. The molecule has 1 aromatic rings. The van der Waals surface area contributed by atoms with E-state index in [1.807, 2.05) is 12.4 Å². The first-order valence-electron chi connectivity index (χ1n) is 9.97. The monoisotopic (exact) mass is 342 g/mol. The van der Waals surface area contributed by atoms with Gasteiger partial charge in [-0.3, -0.25) is 19.6 Å². The van der Waals surface area contributed by atoms with Gasteiger partial charge >= 0.3 is 0 Å². The average Bonchev–Trinajstić information content (AvgIpc) is 2.99. The molecule has 3 saturated heterocycles. The van der Waals surface area contributed by atoms with Crippen LogP contribution in [0.1, 0.15) is 44.1 Å². The molecule has 0 aromatic carbocycles. The van der Waals surface area contributed by atoms with Crippen LogP contribution in [0.3, 0.4) is 0 Å². The summed E-state index contributed by atoms with van der Waals surface area (Å²) in [7, 11) is 0. The number of nitrogens with zero attached hydrogens (tertiary/aromatic N) is 4. The van der Waals surface area contributed by atoms with E-state index < -0.39 is 0 Å². The summed E-state index contributed by atoms with van der Waals surface area (Å²) in [5, 5.41) is 0. The highest BCUT2D eigenvalue weighted by molar-refractivity contribution is 5.82. The molecule has 0 aliphatic carbocycles. The van der Waals surface area contributed by atoms with Gasteiger partial charge in [0.15, 0.2) is 0 Å². The molecular formula is C20H30N4O. The topological polar surface area (TPSA) is 39.7 Å². The summed E-state index contributed by atoms with van der Waals surface area (Å²) in [6.45, 7) is 6.17. The summed E-state index contributed by atoms with van der Waals surface area (Å²) < 4.78 is 0. The molecule has 2 atom stereocenters. The van der Waals surface area contributed by atoms with E-state index in [9.17, 15) is 4.79 Å². The molecule has 0 unspecified atom stereocenters. The fraction of sp³-hybridized carbons (Fsp3) is 0.700. The van der Waals surface area contributed by atoms with Gasteiger partial charge in [-0.1, -0.05) is 6.42 Å². The molecule has 3 aliphatic rings. The van der Waals surface area contributed by atoms with Crippen LogP contribution in [0.4, 0.5) is 0 Å². The lowest BCUT2D eigenvalue weighted by molar-refractivity contribution is -0.138. The molecule has 4 rings (SSSR count). The normalized spacial score (nSPS) is 28.6. The van der Waals surface area contributed by atoms with Crippen LogP contribution in [-0.4, -0.2) is 70.4 Å². The predicted molar refractivity (Wildman–Crippen MR) is 98.1 cm³/mol. The van der Waals surface area contributed by atoms with Gasteiger partial charge < -0.3 is 4.90 Å². The lowest BCUT2D eigenvalue weighted by atomic mass is 9.99. The van der Waals surface area contributed by atoms with E-state index in [1.54, 1.807) is 0 Å². The van der Waals surface area contributed by atoms with Crippen molar-refractivity contribution in [3.63, 3.8) is 0 Å². The van der Waals surface area contributed by atoms with Gasteiger partial charge in [-0.2, -0.15) is 0 Å². The van der Waals surface area contributed by atoms with Gasteiger partial charge in [0, 0.05) is 44.6 Å². The number of hydrogen-bond acceptors (Lipinski definition) is 4. The predicted octanol–water partition coefficient (Wildman–Crippen LogP) is 2.13. The minimum atomic E-state index is 0.0647. The highest BCUT2D eigenvalue weighted by Gasteiger charge is 2.36. The number of carbonyl (C=O) groups excluding carboxylic acids is 1. The van der Waals surface area contributed by atoms with Crippen LogP contribution in [-0.2, 0) is 11.3 Å². The number of amides is 1. The molecular weight excluding hydrogens is 312 g/mol. The third-order valence-electron chi connectivity index (χ3n) is 6.15. The molecule has 0 radical (unpaired) electrons. The van der Waals surface area contributed by atoms with E-state index in [2.05, 4.69) is 31.8 Å². The maximum atomic E-state index is 13.3. The lowest BCUT2D eigenvalue weighted by Gasteiger charge is -2.38. The van der Waals surface area contributed by atoms with Crippen molar-refractivity contribution < 1.29 is 4.79 Å². The molecule has 1 amide bonds. The smallest absolute Gasteiger partial charge is 0.239 e. The Balaban J connectivity index is 1.44. The number of rotatable bonds is 3. The highest BCUT2D eigenvalue weighted by Crippen LogP contribution is 2.25. The van der Waals surface area contributed by atoms with E-state index in [-0.39, 0.29) is 6.04 Å². The summed E-state index contributed by atoms with van der Waals surface area (Å²) in [6.07, 6.45) is 10.8.